The number of pyridine rings is 1. The highest BCUT2D eigenvalue weighted by Gasteiger charge is 2.06. The molecule has 0 amide bonds. The monoisotopic (exact) mass is 282 g/mol. The van der Waals surface area contributed by atoms with E-state index in [1.54, 1.807) is 17.5 Å². The Hall–Kier alpha value is -2.00. The molecule has 0 aliphatic carbocycles. The van der Waals surface area contributed by atoms with Gasteiger partial charge in [-0.05, 0) is 25.1 Å². The first-order chi connectivity index (χ1) is 9.83. The van der Waals surface area contributed by atoms with Crippen LogP contribution in [-0.2, 0) is 0 Å². The standard InChI is InChI=1S/C15H12N2S.C2H6/c1-11-5-4-6-12(9-11)15-17-14(10-18-15)13-7-2-3-8-16-13;1-2/h2-10H,1H3;1-2H3. The second-order valence-corrected chi connectivity index (χ2v) is 4.98. The van der Waals surface area contributed by atoms with Crippen molar-refractivity contribution in [2.75, 3.05) is 0 Å². The zero-order chi connectivity index (χ0) is 14.4. The van der Waals surface area contributed by atoms with Crippen molar-refractivity contribution in [1.82, 2.24) is 9.97 Å². The van der Waals surface area contributed by atoms with Crippen molar-refractivity contribution in [2.24, 2.45) is 0 Å². The zero-order valence-electron chi connectivity index (χ0n) is 12.0. The minimum absolute atomic E-state index is 0.924. The van der Waals surface area contributed by atoms with Crippen LogP contribution in [0.4, 0.5) is 0 Å². The summed E-state index contributed by atoms with van der Waals surface area (Å²) in [5, 5.41) is 3.10. The molecule has 2 heterocycles. The third kappa shape index (κ3) is 3.31. The highest BCUT2D eigenvalue weighted by atomic mass is 32.1. The van der Waals surface area contributed by atoms with Crippen molar-refractivity contribution in [2.45, 2.75) is 20.8 Å². The Balaban J connectivity index is 0.000000704. The summed E-state index contributed by atoms with van der Waals surface area (Å²) in [6.45, 7) is 6.09. The number of hydrogen-bond donors (Lipinski definition) is 0. The number of nitrogens with zero attached hydrogens (tertiary/aromatic N) is 2. The van der Waals surface area contributed by atoms with Crippen LogP contribution in [0.15, 0.2) is 54.0 Å². The molecule has 0 radical (unpaired) electrons. The Morgan fingerprint density at radius 2 is 1.80 bits per heavy atom. The summed E-state index contributed by atoms with van der Waals surface area (Å²) in [7, 11) is 0. The molecule has 20 heavy (non-hydrogen) atoms. The smallest absolute Gasteiger partial charge is 0.124 e. The van der Waals surface area contributed by atoms with E-state index < -0.39 is 0 Å². The molecule has 0 aliphatic heterocycles. The second kappa shape index (κ2) is 6.96. The Bertz CT molecular complexity index is 660. The molecule has 3 rings (SSSR count). The maximum atomic E-state index is 4.65. The SMILES string of the molecule is CC.Cc1cccc(-c2nc(-c3ccccn3)cs2)c1. The first-order valence-corrected chi connectivity index (χ1v) is 7.65. The number of benzene rings is 1. The average molecular weight is 282 g/mol. The van der Waals surface area contributed by atoms with Crippen LogP contribution in [0.1, 0.15) is 19.4 Å². The largest absolute Gasteiger partial charge is 0.255 e. The van der Waals surface area contributed by atoms with Gasteiger partial charge in [0, 0.05) is 17.1 Å². The Kier molecular flexibility index (Phi) is 5.02. The first-order valence-electron chi connectivity index (χ1n) is 6.77. The van der Waals surface area contributed by atoms with Crippen LogP contribution in [0.3, 0.4) is 0 Å². The van der Waals surface area contributed by atoms with E-state index in [-0.39, 0.29) is 0 Å². The van der Waals surface area contributed by atoms with Crippen LogP contribution >= 0.6 is 11.3 Å². The van der Waals surface area contributed by atoms with Gasteiger partial charge >= 0.3 is 0 Å². The van der Waals surface area contributed by atoms with Crippen molar-refractivity contribution >= 4 is 11.3 Å². The van der Waals surface area contributed by atoms with Crippen LogP contribution < -0.4 is 0 Å². The number of hydrogen-bond acceptors (Lipinski definition) is 3. The van der Waals surface area contributed by atoms with E-state index in [0.29, 0.717) is 0 Å². The Morgan fingerprint density at radius 3 is 2.50 bits per heavy atom. The van der Waals surface area contributed by atoms with E-state index in [4.69, 9.17) is 0 Å². The predicted molar refractivity (Wildman–Crippen MR) is 86.9 cm³/mol. The fourth-order valence-corrected chi connectivity index (χ4v) is 2.63. The number of thiazole rings is 1. The van der Waals surface area contributed by atoms with Crippen LogP contribution in [-0.4, -0.2) is 9.97 Å². The highest BCUT2D eigenvalue weighted by Crippen LogP contribution is 2.28. The third-order valence-corrected chi connectivity index (χ3v) is 3.59. The van der Waals surface area contributed by atoms with Gasteiger partial charge in [0.25, 0.3) is 0 Å². The van der Waals surface area contributed by atoms with Gasteiger partial charge in [0.05, 0.1) is 5.69 Å². The summed E-state index contributed by atoms with van der Waals surface area (Å²) in [5.74, 6) is 0. The Labute approximate surface area is 124 Å². The van der Waals surface area contributed by atoms with Gasteiger partial charge in [0.2, 0.25) is 0 Å². The lowest BCUT2D eigenvalue weighted by Gasteiger charge is -1.97. The summed E-state index contributed by atoms with van der Waals surface area (Å²) in [6, 6.07) is 14.3. The lowest BCUT2D eigenvalue weighted by Crippen LogP contribution is -1.82. The molecule has 3 heteroatoms. The maximum absolute atomic E-state index is 4.65. The van der Waals surface area contributed by atoms with Crippen LogP contribution in [0.25, 0.3) is 22.0 Å². The van der Waals surface area contributed by atoms with Crippen molar-refractivity contribution in [3.05, 3.63) is 59.6 Å². The molecule has 102 valence electrons. The summed E-state index contributed by atoms with van der Waals surface area (Å²) in [6.07, 6.45) is 1.79. The van der Waals surface area contributed by atoms with Gasteiger partial charge in [0.1, 0.15) is 10.7 Å². The molecule has 2 nitrogen and oxygen atoms in total. The van der Waals surface area contributed by atoms with Gasteiger partial charge in [-0.15, -0.1) is 11.3 Å². The molecule has 2 aromatic heterocycles. The second-order valence-electron chi connectivity index (χ2n) is 4.12. The molecule has 0 aliphatic rings. The molecule has 0 N–H and O–H groups in total. The lowest BCUT2D eigenvalue weighted by molar-refractivity contribution is 1.28. The van der Waals surface area contributed by atoms with Crippen molar-refractivity contribution in [3.63, 3.8) is 0 Å². The highest BCUT2D eigenvalue weighted by molar-refractivity contribution is 7.13. The van der Waals surface area contributed by atoms with Crippen molar-refractivity contribution in [3.8, 4) is 22.0 Å². The fourth-order valence-electron chi connectivity index (χ4n) is 1.82. The third-order valence-electron chi connectivity index (χ3n) is 2.70. The van der Waals surface area contributed by atoms with E-state index in [9.17, 15) is 0 Å². The van der Waals surface area contributed by atoms with Crippen LogP contribution in [0.5, 0.6) is 0 Å². The minimum atomic E-state index is 0.924. The number of rotatable bonds is 2. The Morgan fingerprint density at radius 1 is 0.950 bits per heavy atom. The molecule has 0 atom stereocenters. The molecule has 0 unspecified atom stereocenters. The van der Waals surface area contributed by atoms with E-state index in [1.165, 1.54) is 11.1 Å². The average Bonchev–Trinajstić information content (AvgIpc) is 3.00. The number of aromatic nitrogens is 2. The van der Waals surface area contributed by atoms with Gasteiger partial charge in [-0.2, -0.15) is 0 Å². The molecule has 0 fully saturated rings. The van der Waals surface area contributed by atoms with E-state index in [1.807, 2.05) is 32.0 Å². The van der Waals surface area contributed by atoms with Gasteiger partial charge in [0.15, 0.2) is 0 Å². The minimum Gasteiger partial charge on any atom is -0.255 e. The quantitative estimate of drug-likeness (QED) is 0.645. The maximum Gasteiger partial charge on any atom is 0.124 e. The van der Waals surface area contributed by atoms with E-state index in [2.05, 4.69) is 46.5 Å². The van der Waals surface area contributed by atoms with Gasteiger partial charge in [-0.1, -0.05) is 43.7 Å². The molecule has 0 saturated carbocycles. The van der Waals surface area contributed by atoms with Crippen molar-refractivity contribution < 1.29 is 0 Å². The first kappa shape index (κ1) is 14.4. The summed E-state index contributed by atoms with van der Waals surface area (Å²) in [5.41, 5.74) is 4.29. The molecule has 1 aromatic carbocycles. The molecular formula is C17H18N2S. The summed E-state index contributed by atoms with van der Waals surface area (Å²) >= 11 is 1.66. The molecule has 3 aromatic rings. The number of aryl methyl sites for hydroxylation is 1. The van der Waals surface area contributed by atoms with Crippen LogP contribution in [0, 0.1) is 6.92 Å². The predicted octanol–water partition coefficient (Wildman–Crippen LogP) is 5.21. The summed E-state index contributed by atoms with van der Waals surface area (Å²) < 4.78 is 0. The molecule has 0 bridgehead atoms. The topological polar surface area (TPSA) is 25.8 Å². The van der Waals surface area contributed by atoms with Gasteiger partial charge in [-0.25, -0.2) is 4.98 Å². The zero-order valence-corrected chi connectivity index (χ0v) is 12.8. The lowest BCUT2D eigenvalue weighted by atomic mass is 10.1. The van der Waals surface area contributed by atoms with E-state index >= 15 is 0 Å². The molecule has 0 spiro atoms. The van der Waals surface area contributed by atoms with Gasteiger partial charge in [-0.3, -0.25) is 4.98 Å². The molecule has 0 saturated heterocycles. The normalized spacial score (nSPS) is 9.75. The molecular weight excluding hydrogens is 264 g/mol. The van der Waals surface area contributed by atoms with Crippen LogP contribution in [0.2, 0.25) is 0 Å². The fraction of sp³-hybridized carbons (Fsp3) is 0.176. The van der Waals surface area contributed by atoms with E-state index in [0.717, 1.165) is 16.4 Å². The van der Waals surface area contributed by atoms with Gasteiger partial charge < -0.3 is 0 Å². The van der Waals surface area contributed by atoms with Crippen molar-refractivity contribution in [1.29, 1.82) is 0 Å². The summed E-state index contributed by atoms with van der Waals surface area (Å²) in [4.78, 5) is 8.97.